The van der Waals surface area contributed by atoms with Gasteiger partial charge in [-0.25, -0.2) is 9.78 Å². The third-order valence-electron chi connectivity index (χ3n) is 3.35. The van der Waals surface area contributed by atoms with Gasteiger partial charge in [-0.1, -0.05) is 24.3 Å². The summed E-state index contributed by atoms with van der Waals surface area (Å²) in [4.78, 5) is 15.3. The summed E-state index contributed by atoms with van der Waals surface area (Å²) in [6, 6.07) is 10.3. The molecule has 1 aromatic heterocycles. The predicted octanol–water partition coefficient (Wildman–Crippen LogP) is 4.01. The number of fused-ring (bicyclic) bond motifs is 1. The van der Waals surface area contributed by atoms with Crippen LogP contribution in [0.2, 0.25) is 0 Å². The molecule has 5 nitrogen and oxygen atoms in total. The number of aromatic nitrogens is 1. The van der Waals surface area contributed by atoms with Crippen molar-refractivity contribution < 1.29 is 15.0 Å². The smallest absolute Gasteiger partial charge is 0.335 e. The molecule has 0 aliphatic carbocycles. The van der Waals surface area contributed by atoms with Crippen LogP contribution in [0.15, 0.2) is 36.4 Å². The molecule has 0 unspecified atom stereocenters. The van der Waals surface area contributed by atoms with Crippen LogP contribution in [0, 0.1) is 0 Å². The quantitative estimate of drug-likeness (QED) is 0.634. The molecule has 3 aromatic rings. The number of carbonyl (C=O) groups is 1. The Balaban J connectivity index is 1.91. The van der Waals surface area contributed by atoms with Crippen molar-refractivity contribution in [1.29, 1.82) is 0 Å². The molecular formula is C16H14N2O3S. The Hall–Kier alpha value is -2.60. The Bertz CT molecular complexity index is 858. The molecule has 2 aromatic carbocycles. The fraction of sp³-hybridized carbons (Fsp3) is 0.125. The topological polar surface area (TPSA) is 82.5 Å². The average Bonchev–Trinajstić information content (AvgIpc) is 2.90. The zero-order valence-electron chi connectivity index (χ0n) is 11.8. The number of phenolic OH excluding ortho intramolecular Hbond substituents is 1. The van der Waals surface area contributed by atoms with E-state index in [1.807, 2.05) is 12.1 Å². The Morgan fingerprint density at radius 3 is 2.77 bits per heavy atom. The molecule has 0 atom stereocenters. The van der Waals surface area contributed by atoms with E-state index in [0.717, 1.165) is 16.6 Å². The van der Waals surface area contributed by atoms with Gasteiger partial charge in [-0.3, -0.25) is 0 Å². The van der Waals surface area contributed by atoms with E-state index < -0.39 is 5.97 Å². The molecule has 0 fully saturated rings. The molecule has 0 radical (unpaired) electrons. The van der Waals surface area contributed by atoms with Crippen molar-refractivity contribution in [3.63, 3.8) is 0 Å². The van der Waals surface area contributed by atoms with Crippen molar-refractivity contribution in [3.8, 4) is 5.75 Å². The molecule has 0 aliphatic heterocycles. The van der Waals surface area contributed by atoms with Crippen LogP contribution < -0.4 is 5.32 Å². The highest BCUT2D eigenvalue weighted by Crippen LogP contribution is 2.32. The highest BCUT2D eigenvalue weighted by molar-refractivity contribution is 7.22. The van der Waals surface area contributed by atoms with Crippen LogP contribution in [0.25, 0.3) is 10.2 Å². The van der Waals surface area contributed by atoms with Gasteiger partial charge in [0.1, 0.15) is 5.75 Å². The maximum absolute atomic E-state index is 10.9. The lowest BCUT2D eigenvalue weighted by Crippen LogP contribution is -1.97. The monoisotopic (exact) mass is 314 g/mol. The Morgan fingerprint density at radius 1 is 1.27 bits per heavy atom. The number of hydrogen-bond acceptors (Lipinski definition) is 5. The number of rotatable bonds is 4. The summed E-state index contributed by atoms with van der Waals surface area (Å²) >= 11 is 1.49. The largest absolute Gasteiger partial charge is 0.506 e. The van der Waals surface area contributed by atoms with Crippen molar-refractivity contribution in [2.45, 2.75) is 13.3 Å². The Morgan fingerprint density at radius 2 is 2.09 bits per heavy atom. The lowest BCUT2D eigenvalue weighted by Gasteiger charge is -2.05. The average molecular weight is 314 g/mol. The summed E-state index contributed by atoms with van der Waals surface area (Å²) in [5, 5.41) is 22.5. The lowest BCUT2D eigenvalue weighted by molar-refractivity contribution is 0.0696. The van der Waals surface area contributed by atoms with Crippen LogP contribution in [-0.4, -0.2) is 21.2 Å². The number of aromatic carboxylic acids is 1. The molecule has 112 valence electrons. The van der Waals surface area contributed by atoms with Crippen LogP contribution in [0.3, 0.4) is 0 Å². The molecule has 0 aliphatic rings. The van der Waals surface area contributed by atoms with Crippen molar-refractivity contribution in [2.75, 3.05) is 5.32 Å². The van der Waals surface area contributed by atoms with E-state index in [2.05, 4.69) is 23.3 Å². The molecule has 0 saturated carbocycles. The number of carboxylic acids is 1. The summed E-state index contributed by atoms with van der Waals surface area (Å²) in [5.74, 6) is -1.19. The van der Waals surface area contributed by atoms with E-state index in [1.54, 1.807) is 0 Å². The van der Waals surface area contributed by atoms with Gasteiger partial charge in [0.25, 0.3) is 0 Å². The first-order valence-corrected chi connectivity index (χ1v) is 7.61. The van der Waals surface area contributed by atoms with Crippen LogP contribution >= 0.6 is 11.3 Å². The zero-order valence-corrected chi connectivity index (χ0v) is 12.6. The third-order valence-corrected chi connectivity index (χ3v) is 4.28. The predicted molar refractivity (Wildman–Crippen MR) is 87.3 cm³/mol. The van der Waals surface area contributed by atoms with Gasteiger partial charge in [-0.2, -0.15) is 0 Å². The van der Waals surface area contributed by atoms with E-state index in [9.17, 15) is 9.90 Å². The molecule has 22 heavy (non-hydrogen) atoms. The van der Waals surface area contributed by atoms with Crippen LogP contribution in [0.4, 0.5) is 10.8 Å². The number of aryl methyl sites for hydroxylation is 1. The second kappa shape index (κ2) is 5.65. The lowest BCUT2D eigenvalue weighted by atomic mass is 10.2. The standard InChI is InChI=1S/C16H14N2O3S/c1-2-9-3-5-12-14(7-9)22-16(18-12)17-11-6-4-10(15(20)21)8-13(11)19/h3-8,19H,2H2,1H3,(H,17,18)(H,20,21). The second-order valence-corrected chi connectivity index (χ2v) is 5.87. The molecule has 3 rings (SSSR count). The van der Waals surface area contributed by atoms with Crippen LogP contribution in [0.1, 0.15) is 22.8 Å². The summed E-state index contributed by atoms with van der Waals surface area (Å²) in [6.45, 7) is 2.10. The Labute approximate surface area is 130 Å². The highest BCUT2D eigenvalue weighted by Gasteiger charge is 2.10. The molecule has 0 amide bonds. The summed E-state index contributed by atoms with van der Waals surface area (Å²) in [5.41, 5.74) is 2.61. The number of thiazole rings is 1. The van der Waals surface area contributed by atoms with Crippen molar-refractivity contribution in [2.24, 2.45) is 0 Å². The van der Waals surface area contributed by atoms with E-state index in [1.165, 1.54) is 35.1 Å². The maximum atomic E-state index is 10.9. The number of anilines is 2. The first-order chi connectivity index (χ1) is 10.6. The van der Waals surface area contributed by atoms with E-state index >= 15 is 0 Å². The van der Waals surface area contributed by atoms with Crippen LogP contribution in [0.5, 0.6) is 5.75 Å². The van der Waals surface area contributed by atoms with Gasteiger partial charge in [-0.15, -0.1) is 0 Å². The molecular weight excluding hydrogens is 300 g/mol. The van der Waals surface area contributed by atoms with Gasteiger partial charge >= 0.3 is 5.97 Å². The number of benzene rings is 2. The molecule has 6 heteroatoms. The summed E-state index contributed by atoms with van der Waals surface area (Å²) in [7, 11) is 0. The number of nitrogens with zero attached hydrogens (tertiary/aromatic N) is 1. The number of aromatic hydroxyl groups is 1. The highest BCUT2D eigenvalue weighted by atomic mass is 32.1. The summed E-state index contributed by atoms with van der Waals surface area (Å²) in [6.07, 6.45) is 0.966. The van der Waals surface area contributed by atoms with Gasteiger partial charge < -0.3 is 15.5 Å². The fourth-order valence-corrected chi connectivity index (χ4v) is 3.07. The van der Waals surface area contributed by atoms with Gasteiger partial charge in [0.15, 0.2) is 5.13 Å². The first kappa shape index (κ1) is 14.3. The number of hydrogen-bond donors (Lipinski definition) is 3. The normalized spacial score (nSPS) is 10.8. The number of phenols is 1. The number of nitrogens with one attached hydrogen (secondary N) is 1. The van der Waals surface area contributed by atoms with Gasteiger partial charge in [-0.05, 0) is 42.3 Å². The van der Waals surface area contributed by atoms with E-state index in [0.29, 0.717) is 10.8 Å². The van der Waals surface area contributed by atoms with E-state index in [-0.39, 0.29) is 11.3 Å². The molecule has 0 bridgehead atoms. The fourth-order valence-electron chi connectivity index (χ4n) is 2.13. The number of carboxylic acid groups (broad SMARTS) is 1. The molecule has 1 heterocycles. The van der Waals surface area contributed by atoms with E-state index in [4.69, 9.17) is 5.11 Å². The third kappa shape index (κ3) is 2.73. The van der Waals surface area contributed by atoms with Crippen LogP contribution in [-0.2, 0) is 6.42 Å². The molecule has 3 N–H and O–H groups in total. The molecule has 0 saturated heterocycles. The van der Waals surface area contributed by atoms with Crippen molar-refractivity contribution in [1.82, 2.24) is 4.98 Å². The SMILES string of the molecule is CCc1ccc2nc(Nc3ccc(C(=O)O)cc3O)sc2c1. The van der Waals surface area contributed by atoms with Crippen molar-refractivity contribution in [3.05, 3.63) is 47.5 Å². The Kier molecular flexibility index (Phi) is 3.68. The minimum atomic E-state index is -1.08. The minimum absolute atomic E-state index is 0.0416. The molecule has 0 spiro atoms. The minimum Gasteiger partial charge on any atom is -0.506 e. The second-order valence-electron chi connectivity index (χ2n) is 4.84. The van der Waals surface area contributed by atoms with Gasteiger partial charge in [0.2, 0.25) is 0 Å². The summed E-state index contributed by atoms with van der Waals surface area (Å²) < 4.78 is 1.07. The van der Waals surface area contributed by atoms with Gasteiger partial charge in [0.05, 0.1) is 21.5 Å². The van der Waals surface area contributed by atoms with Gasteiger partial charge in [0, 0.05) is 0 Å². The zero-order chi connectivity index (χ0) is 15.7. The van der Waals surface area contributed by atoms with Crippen molar-refractivity contribution >= 4 is 38.3 Å². The maximum Gasteiger partial charge on any atom is 0.335 e. The first-order valence-electron chi connectivity index (χ1n) is 6.79.